The Kier molecular flexibility index (Phi) is 5.56. The van der Waals surface area contributed by atoms with Gasteiger partial charge in [0.15, 0.2) is 0 Å². The molecule has 1 aromatic heterocycles. The predicted octanol–water partition coefficient (Wildman–Crippen LogP) is 5.47. The number of aromatic hydroxyl groups is 1. The van der Waals surface area contributed by atoms with E-state index in [1.807, 2.05) is 6.07 Å². The van der Waals surface area contributed by atoms with Gasteiger partial charge in [-0.3, -0.25) is 0 Å². The number of rotatable bonds is 3. The fraction of sp³-hybridized carbons (Fsp3) is 0.308. The van der Waals surface area contributed by atoms with E-state index in [2.05, 4.69) is 57.8 Å². The third kappa shape index (κ3) is 4.50. The van der Waals surface area contributed by atoms with Crippen LogP contribution in [0.2, 0.25) is 0 Å². The predicted molar refractivity (Wildman–Crippen MR) is 133 cm³/mol. The highest BCUT2D eigenvalue weighted by atomic mass is 32.2. The number of phenolic OH excluding ortho intramolecular Hbond substituents is 1. The van der Waals surface area contributed by atoms with Crippen molar-refractivity contribution < 1.29 is 9.32 Å². The lowest BCUT2D eigenvalue weighted by Crippen LogP contribution is -2.18. The van der Waals surface area contributed by atoms with Gasteiger partial charge in [-0.15, -0.1) is 15.0 Å². The Balaban J connectivity index is 1.82. The van der Waals surface area contributed by atoms with Gasteiger partial charge in [0.2, 0.25) is 0 Å². The molecule has 3 N–H and O–H groups in total. The van der Waals surface area contributed by atoms with E-state index in [1.165, 1.54) is 4.80 Å². The maximum Gasteiger partial charge on any atom is 0.146 e. The lowest BCUT2D eigenvalue weighted by atomic mass is 9.80. The van der Waals surface area contributed by atoms with E-state index in [9.17, 15) is 9.32 Å². The molecule has 1 unspecified atom stereocenters. The van der Waals surface area contributed by atoms with Gasteiger partial charge < -0.3 is 10.8 Å². The van der Waals surface area contributed by atoms with Gasteiger partial charge in [-0.2, -0.15) is 0 Å². The number of fused-ring (bicyclic) bond motifs is 1. The summed E-state index contributed by atoms with van der Waals surface area (Å²) in [5.74, 6) is 0.168. The Bertz CT molecular complexity index is 1360. The molecular weight excluding hydrogens is 432 g/mol. The number of aromatic nitrogens is 3. The Labute approximate surface area is 196 Å². The van der Waals surface area contributed by atoms with Crippen LogP contribution < -0.4 is 5.73 Å². The maximum absolute atomic E-state index is 13.0. The van der Waals surface area contributed by atoms with Crippen molar-refractivity contribution in [1.82, 2.24) is 15.0 Å². The molecule has 0 aliphatic heterocycles. The van der Waals surface area contributed by atoms with Gasteiger partial charge >= 0.3 is 0 Å². The highest BCUT2D eigenvalue weighted by Gasteiger charge is 2.26. The first kappa shape index (κ1) is 23.0. The smallest absolute Gasteiger partial charge is 0.146 e. The number of nitrogens with zero attached hydrogens (tertiary/aromatic N) is 3. The number of nitrogen functional groups attached to an aromatic ring is 1. The number of nitrogens with two attached hydrogens (primary N) is 1. The quantitative estimate of drug-likeness (QED) is 0.394. The normalized spacial score (nSPS) is 13.4. The number of anilines is 1. The molecular formula is C26H30N4O2S. The summed E-state index contributed by atoms with van der Waals surface area (Å²) in [7, 11) is -1.36. The Morgan fingerprint density at radius 3 is 2.03 bits per heavy atom. The fourth-order valence-corrected chi connectivity index (χ4v) is 4.69. The van der Waals surface area contributed by atoms with E-state index in [0.717, 1.165) is 11.1 Å². The molecule has 0 amide bonds. The van der Waals surface area contributed by atoms with Crippen molar-refractivity contribution in [2.24, 2.45) is 0 Å². The minimum absolute atomic E-state index is 0.113. The second-order valence-electron chi connectivity index (χ2n) is 10.4. The van der Waals surface area contributed by atoms with E-state index >= 15 is 0 Å². The van der Waals surface area contributed by atoms with Gasteiger partial charge in [-0.25, -0.2) is 4.21 Å². The molecule has 0 aliphatic carbocycles. The standard InChI is InChI=1S/C26H30N4O2S/c1-25(2,3)16-13-20(26(4,5)6)24(31)23(14-16)30-28-21-12-11-19(15-22(21)29-30)33(32)18-9-7-17(27)8-10-18/h7-15,31H,27H2,1-6H3. The largest absolute Gasteiger partial charge is 0.505 e. The van der Waals surface area contributed by atoms with Crippen LogP contribution >= 0.6 is 0 Å². The second kappa shape index (κ2) is 7.99. The average molecular weight is 463 g/mol. The van der Waals surface area contributed by atoms with Crippen LogP contribution in [0.3, 0.4) is 0 Å². The molecule has 172 valence electrons. The first-order valence-electron chi connectivity index (χ1n) is 10.9. The molecule has 1 heterocycles. The van der Waals surface area contributed by atoms with Gasteiger partial charge in [0.1, 0.15) is 22.5 Å². The molecule has 4 rings (SSSR count). The Morgan fingerprint density at radius 2 is 1.42 bits per heavy atom. The Morgan fingerprint density at radius 1 is 0.818 bits per heavy atom. The summed E-state index contributed by atoms with van der Waals surface area (Å²) in [6.07, 6.45) is 0. The monoisotopic (exact) mass is 462 g/mol. The number of hydrogen-bond acceptors (Lipinski definition) is 5. The SMILES string of the molecule is CC(C)(C)c1cc(-n2nc3ccc(S(=O)c4ccc(N)cc4)cc3n2)c(O)c(C(C)(C)C)c1. The first-order valence-corrected chi connectivity index (χ1v) is 12.0. The zero-order chi connectivity index (χ0) is 24.1. The third-order valence-corrected chi connectivity index (χ3v) is 7.02. The summed E-state index contributed by atoms with van der Waals surface area (Å²) < 4.78 is 13.0. The second-order valence-corrected chi connectivity index (χ2v) is 11.8. The summed E-state index contributed by atoms with van der Waals surface area (Å²) in [5.41, 5.74) is 9.73. The molecule has 4 aromatic rings. The molecule has 0 radical (unpaired) electrons. The molecule has 0 fully saturated rings. The highest BCUT2D eigenvalue weighted by molar-refractivity contribution is 7.85. The van der Waals surface area contributed by atoms with Crippen LogP contribution in [0.25, 0.3) is 16.7 Å². The molecule has 0 bridgehead atoms. The van der Waals surface area contributed by atoms with Crippen molar-refractivity contribution in [3.05, 3.63) is 65.7 Å². The van der Waals surface area contributed by atoms with Gasteiger partial charge in [0.25, 0.3) is 0 Å². The molecule has 0 spiro atoms. The van der Waals surface area contributed by atoms with Crippen molar-refractivity contribution in [2.75, 3.05) is 5.73 Å². The van der Waals surface area contributed by atoms with E-state index in [1.54, 1.807) is 42.5 Å². The molecule has 3 aromatic carbocycles. The van der Waals surface area contributed by atoms with Gasteiger partial charge in [0, 0.05) is 21.0 Å². The summed E-state index contributed by atoms with van der Waals surface area (Å²) in [6.45, 7) is 12.6. The van der Waals surface area contributed by atoms with Crippen molar-refractivity contribution in [1.29, 1.82) is 0 Å². The average Bonchev–Trinajstić information content (AvgIpc) is 3.15. The summed E-state index contributed by atoms with van der Waals surface area (Å²) in [5, 5.41) is 20.4. The topological polar surface area (TPSA) is 94.0 Å². The van der Waals surface area contributed by atoms with Gasteiger partial charge in [-0.1, -0.05) is 47.6 Å². The summed E-state index contributed by atoms with van der Waals surface area (Å²) >= 11 is 0. The van der Waals surface area contributed by atoms with E-state index in [4.69, 9.17) is 5.73 Å². The number of hydrogen-bond donors (Lipinski definition) is 2. The lowest BCUT2D eigenvalue weighted by molar-refractivity contribution is 0.438. The molecule has 7 heteroatoms. The van der Waals surface area contributed by atoms with Crippen LogP contribution in [0.1, 0.15) is 52.7 Å². The number of phenols is 1. The fourth-order valence-electron chi connectivity index (χ4n) is 3.62. The molecule has 33 heavy (non-hydrogen) atoms. The van der Waals surface area contributed by atoms with Crippen LogP contribution in [0, 0.1) is 0 Å². The maximum atomic E-state index is 13.0. The molecule has 6 nitrogen and oxygen atoms in total. The zero-order valence-corrected chi connectivity index (χ0v) is 20.7. The highest BCUT2D eigenvalue weighted by Crippen LogP contribution is 2.39. The van der Waals surface area contributed by atoms with Crippen LogP contribution in [0.5, 0.6) is 5.75 Å². The minimum atomic E-state index is -1.36. The van der Waals surface area contributed by atoms with Crippen molar-refractivity contribution in [2.45, 2.75) is 62.2 Å². The van der Waals surface area contributed by atoms with E-state index < -0.39 is 10.8 Å². The minimum Gasteiger partial charge on any atom is -0.505 e. The molecule has 1 atom stereocenters. The van der Waals surface area contributed by atoms with Crippen LogP contribution in [-0.2, 0) is 21.6 Å². The van der Waals surface area contributed by atoms with Crippen molar-refractivity contribution in [3.8, 4) is 11.4 Å². The Hall–Kier alpha value is -3.19. The molecule has 0 aliphatic rings. The third-order valence-electron chi connectivity index (χ3n) is 5.64. The van der Waals surface area contributed by atoms with Crippen molar-refractivity contribution >= 4 is 27.5 Å². The van der Waals surface area contributed by atoms with Crippen LogP contribution in [-0.4, -0.2) is 24.3 Å². The van der Waals surface area contributed by atoms with Crippen molar-refractivity contribution in [3.63, 3.8) is 0 Å². The first-order chi connectivity index (χ1) is 15.3. The molecule has 0 saturated heterocycles. The zero-order valence-electron chi connectivity index (χ0n) is 19.9. The van der Waals surface area contributed by atoms with E-state index in [-0.39, 0.29) is 16.6 Å². The number of benzene rings is 3. The summed E-state index contributed by atoms with van der Waals surface area (Å²) in [6, 6.07) is 16.4. The van der Waals surface area contributed by atoms with Crippen LogP contribution in [0.15, 0.2) is 64.4 Å². The van der Waals surface area contributed by atoms with Crippen LogP contribution in [0.4, 0.5) is 5.69 Å². The summed E-state index contributed by atoms with van der Waals surface area (Å²) in [4.78, 5) is 2.77. The lowest BCUT2D eigenvalue weighted by Gasteiger charge is -2.27. The molecule has 0 saturated carbocycles. The van der Waals surface area contributed by atoms with Gasteiger partial charge in [-0.05, 0) is 64.9 Å². The van der Waals surface area contributed by atoms with E-state index in [0.29, 0.717) is 32.2 Å². The van der Waals surface area contributed by atoms with Gasteiger partial charge in [0.05, 0.1) is 10.8 Å².